The van der Waals surface area contributed by atoms with Crippen LogP contribution in [0.15, 0.2) is 53.2 Å². The lowest BCUT2D eigenvalue weighted by atomic mass is 9.89. The van der Waals surface area contributed by atoms with Crippen LogP contribution in [0.1, 0.15) is 25.2 Å². The highest BCUT2D eigenvalue weighted by Crippen LogP contribution is 2.41. The number of pyridine rings is 1. The van der Waals surface area contributed by atoms with Gasteiger partial charge in [-0.1, -0.05) is 29.4 Å². The number of ether oxygens (including phenoxy) is 1. The van der Waals surface area contributed by atoms with E-state index >= 15 is 0 Å². The molecule has 0 radical (unpaired) electrons. The zero-order valence-electron chi connectivity index (χ0n) is 20.8. The molecule has 0 aliphatic carbocycles. The fourth-order valence-electron chi connectivity index (χ4n) is 3.79. The lowest BCUT2D eigenvalue weighted by Gasteiger charge is -2.26. The number of nitrogens with zero attached hydrogens (tertiary/aromatic N) is 3. The van der Waals surface area contributed by atoms with E-state index in [1.54, 1.807) is 6.20 Å². The summed E-state index contributed by atoms with van der Waals surface area (Å²) in [6.07, 6.45) is -2.68. The van der Waals surface area contributed by atoms with Crippen molar-refractivity contribution in [2.75, 3.05) is 50.0 Å². The first-order valence-electron chi connectivity index (χ1n) is 12.0. The first-order chi connectivity index (χ1) is 17.6. The third kappa shape index (κ3) is 6.86. The normalized spacial score (nSPS) is 14.9. The highest BCUT2D eigenvalue weighted by atomic mass is 19.4. The second-order valence-electron chi connectivity index (χ2n) is 9.43. The van der Waals surface area contributed by atoms with Crippen molar-refractivity contribution < 1.29 is 27.2 Å². The Morgan fingerprint density at radius 1 is 1.03 bits per heavy atom. The minimum absolute atomic E-state index is 0.0371. The molecular weight excluding hydrogens is 487 g/mol. The van der Waals surface area contributed by atoms with Gasteiger partial charge in [-0.05, 0) is 37.1 Å². The van der Waals surface area contributed by atoms with Crippen LogP contribution < -0.4 is 10.6 Å². The third-order valence-electron chi connectivity index (χ3n) is 6.36. The number of nitrogens with one attached hydrogen (secondary N) is 2. The van der Waals surface area contributed by atoms with Crippen LogP contribution in [0.25, 0.3) is 11.1 Å². The minimum Gasteiger partial charge on any atom is -0.379 e. The van der Waals surface area contributed by atoms with Crippen molar-refractivity contribution in [1.82, 2.24) is 15.0 Å². The Hall–Kier alpha value is -3.44. The van der Waals surface area contributed by atoms with Gasteiger partial charge < -0.3 is 19.9 Å². The molecule has 2 N–H and O–H groups in total. The number of rotatable bonds is 9. The number of aromatic nitrogens is 2. The maximum Gasteiger partial charge on any atom is 0.401 e. The van der Waals surface area contributed by atoms with Gasteiger partial charge in [0.05, 0.1) is 19.6 Å². The van der Waals surface area contributed by atoms with Gasteiger partial charge in [-0.3, -0.25) is 9.69 Å². The van der Waals surface area contributed by atoms with Gasteiger partial charge in [0.15, 0.2) is 11.6 Å². The summed E-state index contributed by atoms with van der Waals surface area (Å²) in [6, 6.07) is 12.5. The number of alkyl halides is 3. The summed E-state index contributed by atoms with van der Waals surface area (Å²) >= 11 is 0. The Morgan fingerprint density at radius 2 is 1.73 bits per heavy atom. The average Bonchev–Trinajstić information content (AvgIpc) is 3.34. The molecule has 1 saturated heterocycles. The monoisotopic (exact) mass is 517 g/mol. The van der Waals surface area contributed by atoms with Crippen LogP contribution in [-0.4, -0.2) is 66.5 Å². The molecule has 1 aromatic carbocycles. The molecule has 3 aromatic rings. The highest BCUT2D eigenvalue weighted by molar-refractivity contribution is 5.91. The number of halogens is 3. The summed E-state index contributed by atoms with van der Waals surface area (Å²) in [7, 11) is 0. The van der Waals surface area contributed by atoms with Gasteiger partial charge in [-0.25, -0.2) is 4.98 Å². The maximum absolute atomic E-state index is 13.2. The molecule has 1 aliphatic heterocycles. The van der Waals surface area contributed by atoms with E-state index in [-0.39, 0.29) is 18.0 Å². The van der Waals surface area contributed by atoms with E-state index in [0.29, 0.717) is 0 Å². The van der Waals surface area contributed by atoms with Gasteiger partial charge in [0, 0.05) is 44.0 Å². The Labute approximate surface area is 213 Å². The van der Waals surface area contributed by atoms with Crippen LogP contribution in [0.5, 0.6) is 0 Å². The van der Waals surface area contributed by atoms with Gasteiger partial charge in [0.1, 0.15) is 11.2 Å². The Bertz CT molecular complexity index is 1170. The van der Waals surface area contributed by atoms with Crippen LogP contribution in [0.3, 0.4) is 0 Å². The van der Waals surface area contributed by atoms with E-state index in [1.165, 1.54) is 0 Å². The molecule has 0 unspecified atom stereocenters. The predicted octanol–water partition coefficient (Wildman–Crippen LogP) is 4.50. The maximum atomic E-state index is 13.2. The SMILES string of the molecule is CC(C)(c1cc(NC(=O)Cc2ccc(-c3ccc(NCCN4CCOCC4)nc3)cc2)no1)C(F)(F)F. The van der Waals surface area contributed by atoms with Gasteiger partial charge >= 0.3 is 6.18 Å². The number of amides is 1. The lowest BCUT2D eigenvalue weighted by molar-refractivity contribution is -0.185. The highest BCUT2D eigenvalue weighted by Gasteiger charge is 2.51. The standard InChI is InChI=1S/C26H30F3N5O3/c1-25(2,26(27,28)29)21-16-23(33-37-21)32-24(35)15-18-3-5-19(6-4-18)20-7-8-22(31-17-20)30-9-10-34-11-13-36-14-12-34/h3-8,16-17H,9-15H2,1-2H3,(H,30,31)(H,32,33,35). The largest absolute Gasteiger partial charge is 0.401 e. The Balaban J connectivity index is 1.27. The van der Waals surface area contributed by atoms with Crippen molar-refractivity contribution in [1.29, 1.82) is 0 Å². The smallest absolute Gasteiger partial charge is 0.379 e. The van der Waals surface area contributed by atoms with Crippen molar-refractivity contribution in [3.63, 3.8) is 0 Å². The topological polar surface area (TPSA) is 92.5 Å². The summed E-state index contributed by atoms with van der Waals surface area (Å²) in [6.45, 7) is 7.19. The molecule has 11 heteroatoms. The average molecular weight is 518 g/mol. The number of morpholine rings is 1. The predicted molar refractivity (Wildman–Crippen MR) is 133 cm³/mol. The molecule has 3 heterocycles. The number of hydrogen-bond donors (Lipinski definition) is 2. The van der Waals surface area contributed by atoms with E-state index < -0.39 is 17.5 Å². The molecule has 0 spiro atoms. The van der Waals surface area contributed by atoms with Crippen LogP contribution in [-0.2, 0) is 21.4 Å². The third-order valence-corrected chi connectivity index (χ3v) is 6.36. The first-order valence-corrected chi connectivity index (χ1v) is 12.0. The lowest BCUT2D eigenvalue weighted by Crippen LogP contribution is -2.39. The molecule has 0 saturated carbocycles. The van der Waals surface area contributed by atoms with Crippen LogP contribution in [0.2, 0.25) is 0 Å². The number of carbonyl (C=O) groups is 1. The summed E-state index contributed by atoms with van der Waals surface area (Å²) in [4.78, 5) is 19.2. The molecule has 8 nitrogen and oxygen atoms in total. The molecule has 37 heavy (non-hydrogen) atoms. The number of benzene rings is 1. The van der Waals surface area contributed by atoms with Crippen LogP contribution >= 0.6 is 0 Å². The number of carbonyl (C=O) groups excluding carboxylic acids is 1. The van der Waals surface area contributed by atoms with E-state index in [0.717, 1.165) is 81.8 Å². The minimum atomic E-state index is -4.51. The van der Waals surface area contributed by atoms with E-state index in [9.17, 15) is 18.0 Å². The second kappa shape index (κ2) is 11.3. The van der Waals surface area contributed by atoms with Crippen molar-refractivity contribution in [2.45, 2.75) is 31.9 Å². The molecule has 1 fully saturated rings. The summed E-state index contributed by atoms with van der Waals surface area (Å²) in [5.74, 6) is -0.0308. The molecule has 0 bridgehead atoms. The molecule has 1 amide bonds. The molecule has 0 atom stereocenters. The van der Waals surface area contributed by atoms with Gasteiger partial charge in [-0.2, -0.15) is 13.2 Å². The fraction of sp³-hybridized carbons (Fsp3) is 0.423. The summed E-state index contributed by atoms with van der Waals surface area (Å²) in [5, 5.41) is 9.37. The van der Waals surface area contributed by atoms with Crippen molar-refractivity contribution in [2.24, 2.45) is 0 Å². The molecule has 2 aromatic heterocycles. The summed E-state index contributed by atoms with van der Waals surface area (Å²) < 4.78 is 49.7. The quantitative estimate of drug-likeness (QED) is 0.432. The van der Waals surface area contributed by atoms with E-state index in [2.05, 4.69) is 25.7 Å². The van der Waals surface area contributed by atoms with E-state index in [4.69, 9.17) is 9.26 Å². The van der Waals surface area contributed by atoms with Gasteiger partial charge in [0.25, 0.3) is 0 Å². The van der Waals surface area contributed by atoms with Gasteiger partial charge in [-0.15, -0.1) is 0 Å². The zero-order chi connectivity index (χ0) is 26.5. The van der Waals surface area contributed by atoms with Gasteiger partial charge in [0.2, 0.25) is 5.91 Å². The Morgan fingerprint density at radius 3 is 2.38 bits per heavy atom. The van der Waals surface area contributed by atoms with Crippen molar-refractivity contribution in [3.05, 3.63) is 60.0 Å². The van der Waals surface area contributed by atoms with E-state index in [1.807, 2.05) is 36.4 Å². The number of anilines is 2. The summed E-state index contributed by atoms with van der Waals surface area (Å²) in [5.41, 5.74) is 0.421. The van der Waals surface area contributed by atoms with Crippen molar-refractivity contribution >= 4 is 17.5 Å². The molecule has 1 aliphatic rings. The molecule has 198 valence electrons. The zero-order valence-corrected chi connectivity index (χ0v) is 20.8. The fourth-order valence-corrected chi connectivity index (χ4v) is 3.79. The van der Waals surface area contributed by atoms with Crippen LogP contribution in [0, 0.1) is 0 Å². The second-order valence-corrected chi connectivity index (χ2v) is 9.43. The van der Waals surface area contributed by atoms with Crippen LogP contribution in [0.4, 0.5) is 24.8 Å². The molecular formula is C26H30F3N5O3. The van der Waals surface area contributed by atoms with Crippen molar-refractivity contribution in [3.8, 4) is 11.1 Å². The first kappa shape index (κ1) is 26.6. The molecule has 4 rings (SSSR count). The Kier molecular flexibility index (Phi) is 8.13. The number of hydrogen-bond acceptors (Lipinski definition) is 7.